The van der Waals surface area contributed by atoms with Gasteiger partial charge in [-0.3, -0.25) is 14.8 Å². The lowest BCUT2D eigenvalue weighted by molar-refractivity contribution is -0.139. The highest BCUT2D eigenvalue weighted by atomic mass is 33.1. The summed E-state index contributed by atoms with van der Waals surface area (Å²) in [7, 11) is -2.94. The topological polar surface area (TPSA) is 197 Å². The molecule has 0 aromatic carbocycles. The van der Waals surface area contributed by atoms with Crippen molar-refractivity contribution in [3.8, 4) is 0 Å². The zero-order valence-corrected chi connectivity index (χ0v) is 14.1. The molecule has 0 aromatic heterocycles. The van der Waals surface area contributed by atoms with Gasteiger partial charge in [-0.05, 0) is 0 Å². The van der Waals surface area contributed by atoms with Crippen LogP contribution in [0.1, 0.15) is 0 Å². The average molecular weight is 394 g/mol. The Hall–Kier alpha value is -0.710. The first-order valence-corrected chi connectivity index (χ1v) is 9.49. The summed E-state index contributed by atoms with van der Waals surface area (Å²) in [5.74, 6) is -2.70. The monoisotopic (exact) mass is 394 g/mol. The molecule has 128 valence electrons. The van der Waals surface area contributed by atoms with Crippen LogP contribution in [-0.2, 0) is 24.6 Å². The van der Waals surface area contributed by atoms with Crippen molar-refractivity contribution in [1.29, 1.82) is 5.41 Å². The van der Waals surface area contributed by atoms with Crippen LogP contribution in [0.15, 0.2) is 0 Å². The fourth-order valence-corrected chi connectivity index (χ4v) is 4.03. The third-order valence-electron chi connectivity index (χ3n) is 1.86. The summed E-state index contributed by atoms with van der Waals surface area (Å²) in [6.45, 7) is 0. The molecule has 7 N–H and O–H groups in total. The van der Waals surface area contributed by atoms with Crippen LogP contribution in [0.4, 0.5) is 0 Å². The lowest BCUT2D eigenvalue weighted by Crippen LogP contribution is -2.43. The van der Waals surface area contributed by atoms with Crippen molar-refractivity contribution in [2.45, 2.75) is 12.1 Å². The standard InChI is InChI=1S/C7H14N4O7S4/c8-3(5(12)13)1-20-21-2-4(6(14)18-7(9)10)11(19)22(15,16)17/h3-4,19H,1-2,8H2,(H3,9,10)(H,12,13)(H,15,16,17)/t3?,4-/m0/s1. The normalized spacial score (nSPS) is 14.4. The second kappa shape index (κ2) is 9.43. The van der Waals surface area contributed by atoms with E-state index in [1.165, 1.54) is 0 Å². The molecule has 11 nitrogen and oxygen atoms in total. The highest BCUT2D eigenvalue weighted by molar-refractivity contribution is 8.76. The van der Waals surface area contributed by atoms with Gasteiger partial charge in [-0.25, -0.2) is 4.79 Å². The first-order valence-electron chi connectivity index (χ1n) is 5.21. The second-order valence-corrected chi connectivity index (χ2v) is 8.11. The van der Waals surface area contributed by atoms with E-state index in [-0.39, 0.29) is 15.2 Å². The van der Waals surface area contributed by atoms with Gasteiger partial charge in [-0.15, -0.1) is 3.71 Å². The molecular formula is C7H14N4O7S4. The van der Waals surface area contributed by atoms with Gasteiger partial charge >= 0.3 is 22.2 Å². The molecule has 0 rings (SSSR count). The van der Waals surface area contributed by atoms with Crippen LogP contribution in [0.3, 0.4) is 0 Å². The SMILES string of the molecule is N=C(N)OC(=O)[C@H](CSSCC(N)C(=O)O)N(S)S(=O)(=O)O. The maximum absolute atomic E-state index is 11.6. The van der Waals surface area contributed by atoms with E-state index in [1.54, 1.807) is 0 Å². The minimum absolute atomic E-state index is 0.00702. The van der Waals surface area contributed by atoms with Crippen molar-refractivity contribution in [3.63, 3.8) is 0 Å². The Labute approximate surface area is 139 Å². The average Bonchev–Trinajstić information content (AvgIpc) is 2.35. The number of nitrogens with zero attached hydrogens (tertiary/aromatic N) is 1. The molecule has 0 aliphatic carbocycles. The minimum atomic E-state index is -4.81. The van der Waals surface area contributed by atoms with Crippen LogP contribution >= 0.6 is 34.4 Å². The van der Waals surface area contributed by atoms with Crippen LogP contribution in [0.2, 0.25) is 0 Å². The lowest BCUT2D eigenvalue weighted by Gasteiger charge is -2.21. The van der Waals surface area contributed by atoms with Crippen LogP contribution in [0.25, 0.3) is 0 Å². The quantitative estimate of drug-likeness (QED) is 0.0508. The van der Waals surface area contributed by atoms with E-state index in [9.17, 15) is 18.0 Å². The van der Waals surface area contributed by atoms with Crippen LogP contribution in [-0.4, -0.2) is 63.3 Å². The van der Waals surface area contributed by atoms with Crippen molar-refractivity contribution in [2.24, 2.45) is 11.5 Å². The van der Waals surface area contributed by atoms with Gasteiger partial charge in [0, 0.05) is 11.5 Å². The summed E-state index contributed by atoms with van der Waals surface area (Å²) in [6, 6.07) is -3.67. The largest absolute Gasteiger partial charge is 0.480 e. The Bertz CT molecular complexity index is 527. The zero-order chi connectivity index (χ0) is 17.5. The number of nitrogens with two attached hydrogens (primary N) is 2. The maximum atomic E-state index is 11.6. The molecule has 0 saturated heterocycles. The van der Waals surface area contributed by atoms with E-state index in [2.05, 4.69) is 17.6 Å². The first kappa shape index (κ1) is 21.3. The molecule has 22 heavy (non-hydrogen) atoms. The Kier molecular flexibility index (Phi) is 9.13. The number of nitrogens with one attached hydrogen (secondary N) is 1. The molecule has 0 bridgehead atoms. The van der Waals surface area contributed by atoms with Gasteiger partial charge in [-0.2, -0.15) is 8.42 Å². The van der Waals surface area contributed by atoms with Crippen LogP contribution in [0.5, 0.6) is 0 Å². The molecule has 0 spiro atoms. The fraction of sp³-hybridized carbons (Fsp3) is 0.571. The van der Waals surface area contributed by atoms with E-state index in [0.29, 0.717) is 0 Å². The van der Waals surface area contributed by atoms with Gasteiger partial charge < -0.3 is 21.3 Å². The Morgan fingerprint density at radius 3 is 2.27 bits per heavy atom. The fourth-order valence-electron chi connectivity index (χ4n) is 0.864. The number of ether oxygens (including phenoxy) is 1. The molecule has 0 aromatic rings. The summed E-state index contributed by atoms with van der Waals surface area (Å²) in [5, 5.41) is 15.4. The van der Waals surface area contributed by atoms with E-state index in [0.717, 1.165) is 21.6 Å². The van der Waals surface area contributed by atoms with Gasteiger partial charge in [0.2, 0.25) is 0 Å². The van der Waals surface area contributed by atoms with Gasteiger partial charge in [0.25, 0.3) is 6.02 Å². The maximum Gasteiger partial charge on any atom is 0.345 e. The van der Waals surface area contributed by atoms with Gasteiger partial charge in [0.1, 0.15) is 12.1 Å². The van der Waals surface area contributed by atoms with Gasteiger partial charge in [0.05, 0.1) is 0 Å². The second-order valence-electron chi connectivity index (χ2n) is 3.57. The summed E-state index contributed by atoms with van der Waals surface area (Å²) in [6.07, 6.45) is 0. The number of thiol groups is 1. The lowest BCUT2D eigenvalue weighted by atomic mass is 10.4. The highest BCUT2D eigenvalue weighted by Crippen LogP contribution is 2.26. The molecule has 0 radical (unpaired) electrons. The van der Waals surface area contributed by atoms with Crippen molar-refractivity contribution >= 4 is 62.7 Å². The molecular weight excluding hydrogens is 380 g/mol. The number of esters is 1. The number of carbonyl (C=O) groups is 2. The van der Waals surface area contributed by atoms with Crippen LogP contribution in [0, 0.1) is 5.41 Å². The number of carboxylic acid groups (broad SMARTS) is 1. The minimum Gasteiger partial charge on any atom is -0.480 e. The molecule has 1 unspecified atom stereocenters. The van der Waals surface area contributed by atoms with Crippen molar-refractivity contribution < 1.29 is 32.4 Å². The predicted molar refractivity (Wildman–Crippen MR) is 84.7 cm³/mol. The van der Waals surface area contributed by atoms with Gasteiger partial charge in [0.15, 0.2) is 0 Å². The summed E-state index contributed by atoms with van der Waals surface area (Å²) in [4.78, 5) is 22.1. The highest BCUT2D eigenvalue weighted by Gasteiger charge is 2.34. The Balaban J connectivity index is 4.71. The van der Waals surface area contributed by atoms with E-state index in [4.69, 9.17) is 26.5 Å². The number of hydrogen-bond donors (Lipinski definition) is 6. The van der Waals surface area contributed by atoms with Crippen molar-refractivity contribution in [2.75, 3.05) is 11.5 Å². The summed E-state index contributed by atoms with van der Waals surface area (Å²) < 4.78 is 35.2. The van der Waals surface area contributed by atoms with E-state index in [1.807, 2.05) is 0 Å². The molecule has 0 saturated carbocycles. The number of carbonyl (C=O) groups excluding carboxylic acids is 1. The number of hydrogen-bond acceptors (Lipinski definition) is 10. The van der Waals surface area contributed by atoms with Crippen molar-refractivity contribution in [3.05, 3.63) is 0 Å². The Morgan fingerprint density at radius 1 is 1.36 bits per heavy atom. The summed E-state index contributed by atoms with van der Waals surface area (Å²) in [5.41, 5.74) is 10.1. The predicted octanol–water partition coefficient (Wildman–Crippen LogP) is -1.47. The molecule has 2 atom stereocenters. The molecule has 0 aliphatic heterocycles. The Morgan fingerprint density at radius 2 is 1.86 bits per heavy atom. The van der Waals surface area contributed by atoms with Gasteiger partial charge in [-0.1, -0.05) is 34.4 Å². The summed E-state index contributed by atoms with van der Waals surface area (Å²) >= 11 is 3.48. The number of amidine groups is 1. The number of carboxylic acids is 1. The molecule has 15 heteroatoms. The van der Waals surface area contributed by atoms with E-state index >= 15 is 0 Å². The molecule has 0 heterocycles. The first-order chi connectivity index (χ1) is 9.96. The third kappa shape index (κ3) is 8.06. The smallest absolute Gasteiger partial charge is 0.345 e. The van der Waals surface area contributed by atoms with E-state index < -0.39 is 40.3 Å². The number of rotatable bonds is 9. The molecule has 0 fully saturated rings. The zero-order valence-electron chi connectivity index (χ0n) is 10.8. The molecule has 0 amide bonds. The third-order valence-corrected chi connectivity index (χ3v) is 5.91. The number of aliphatic carboxylic acids is 1. The van der Waals surface area contributed by atoms with Crippen LogP contribution < -0.4 is 11.5 Å². The van der Waals surface area contributed by atoms with Crippen molar-refractivity contribution in [1.82, 2.24) is 3.71 Å². The molecule has 0 aliphatic rings.